The molecule has 2 amide bonds. The van der Waals surface area contributed by atoms with Gasteiger partial charge < -0.3 is 20.1 Å². The molecule has 31 heavy (non-hydrogen) atoms. The third kappa shape index (κ3) is 5.79. The van der Waals surface area contributed by atoms with Crippen LogP contribution < -0.4 is 20.1 Å². The second-order valence-electron chi connectivity index (χ2n) is 6.63. The Balaban J connectivity index is 1.63. The maximum absolute atomic E-state index is 13.7. The highest BCUT2D eigenvalue weighted by atomic mass is 19.1. The van der Waals surface area contributed by atoms with E-state index in [0.29, 0.717) is 16.9 Å². The molecule has 3 aromatic carbocycles. The summed E-state index contributed by atoms with van der Waals surface area (Å²) < 4.78 is 37.3. The van der Waals surface area contributed by atoms with E-state index < -0.39 is 23.4 Å². The van der Waals surface area contributed by atoms with Gasteiger partial charge in [0.1, 0.15) is 11.6 Å². The molecule has 0 atom stereocenters. The summed E-state index contributed by atoms with van der Waals surface area (Å²) in [6.45, 7) is 1.31. The van der Waals surface area contributed by atoms with E-state index in [1.54, 1.807) is 19.1 Å². The van der Waals surface area contributed by atoms with Gasteiger partial charge in [0.15, 0.2) is 18.1 Å². The molecule has 6 nitrogen and oxygen atoms in total. The number of halogens is 2. The molecular formula is C23H20F2N2O4. The molecule has 0 aromatic heterocycles. The van der Waals surface area contributed by atoms with Gasteiger partial charge in [-0.2, -0.15) is 0 Å². The van der Waals surface area contributed by atoms with Crippen molar-refractivity contribution in [3.05, 3.63) is 83.4 Å². The minimum Gasteiger partial charge on any atom is -0.493 e. The summed E-state index contributed by atoms with van der Waals surface area (Å²) in [6, 6.07) is 14.2. The van der Waals surface area contributed by atoms with Gasteiger partial charge in [-0.3, -0.25) is 9.59 Å². The number of nitrogens with one attached hydrogen (secondary N) is 2. The average Bonchev–Trinajstić information content (AvgIpc) is 2.76. The number of carbonyl (C=O) groups excluding carboxylic acids is 2. The molecule has 0 radical (unpaired) electrons. The minimum absolute atomic E-state index is 0.248. The summed E-state index contributed by atoms with van der Waals surface area (Å²) in [5, 5.41) is 5.19. The third-order valence-electron chi connectivity index (χ3n) is 4.34. The number of rotatable bonds is 7. The monoisotopic (exact) mass is 426 g/mol. The minimum atomic E-state index is -0.456. The van der Waals surface area contributed by atoms with Gasteiger partial charge >= 0.3 is 0 Å². The van der Waals surface area contributed by atoms with Crippen molar-refractivity contribution >= 4 is 23.2 Å². The third-order valence-corrected chi connectivity index (χ3v) is 4.34. The van der Waals surface area contributed by atoms with Crippen LogP contribution in [0.4, 0.5) is 20.2 Å². The van der Waals surface area contributed by atoms with Crippen LogP contribution in [0.25, 0.3) is 0 Å². The van der Waals surface area contributed by atoms with Crippen molar-refractivity contribution in [1.29, 1.82) is 0 Å². The van der Waals surface area contributed by atoms with Gasteiger partial charge in [-0.15, -0.1) is 0 Å². The van der Waals surface area contributed by atoms with E-state index in [0.717, 1.165) is 0 Å². The van der Waals surface area contributed by atoms with E-state index in [-0.39, 0.29) is 23.7 Å². The van der Waals surface area contributed by atoms with Crippen LogP contribution >= 0.6 is 0 Å². The molecule has 0 saturated heterocycles. The van der Waals surface area contributed by atoms with Crippen LogP contribution in [0.2, 0.25) is 0 Å². The van der Waals surface area contributed by atoms with Crippen molar-refractivity contribution in [2.24, 2.45) is 0 Å². The van der Waals surface area contributed by atoms with Crippen molar-refractivity contribution in [3.8, 4) is 11.5 Å². The predicted molar refractivity (Wildman–Crippen MR) is 113 cm³/mol. The van der Waals surface area contributed by atoms with Crippen LogP contribution in [0.5, 0.6) is 11.5 Å². The Hall–Kier alpha value is -3.94. The first-order chi connectivity index (χ1) is 14.9. The maximum atomic E-state index is 13.7. The van der Waals surface area contributed by atoms with E-state index in [1.165, 1.54) is 55.6 Å². The number of carbonyl (C=O) groups is 2. The van der Waals surface area contributed by atoms with E-state index >= 15 is 0 Å². The molecule has 0 aliphatic heterocycles. The lowest BCUT2D eigenvalue weighted by Crippen LogP contribution is -2.20. The van der Waals surface area contributed by atoms with Crippen LogP contribution in [-0.4, -0.2) is 25.5 Å². The maximum Gasteiger partial charge on any atom is 0.262 e. The van der Waals surface area contributed by atoms with Crippen molar-refractivity contribution in [3.63, 3.8) is 0 Å². The number of aryl methyl sites for hydroxylation is 1. The first-order valence-corrected chi connectivity index (χ1v) is 9.29. The van der Waals surface area contributed by atoms with Gasteiger partial charge in [-0.1, -0.05) is 6.07 Å². The fraction of sp³-hybridized carbons (Fsp3) is 0.130. The van der Waals surface area contributed by atoms with Gasteiger partial charge in [0, 0.05) is 16.9 Å². The summed E-state index contributed by atoms with van der Waals surface area (Å²) in [7, 11) is 1.40. The largest absolute Gasteiger partial charge is 0.493 e. The Labute approximate surface area is 177 Å². The van der Waals surface area contributed by atoms with E-state index in [1.807, 2.05) is 0 Å². The fourth-order valence-corrected chi connectivity index (χ4v) is 2.68. The molecule has 0 fully saturated rings. The Bertz CT molecular complexity index is 1100. The van der Waals surface area contributed by atoms with E-state index in [9.17, 15) is 18.4 Å². The molecule has 2 N–H and O–H groups in total. The van der Waals surface area contributed by atoms with Gasteiger partial charge in [-0.25, -0.2) is 8.78 Å². The normalized spacial score (nSPS) is 10.3. The molecule has 160 valence electrons. The fourth-order valence-electron chi connectivity index (χ4n) is 2.68. The van der Waals surface area contributed by atoms with E-state index in [2.05, 4.69) is 10.6 Å². The summed E-state index contributed by atoms with van der Waals surface area (Å²) in [5.41, 5.74) is 1.50. The number of amides is 2. The Morgan fingerprint density at radius 3 is 2.26 bits per heavy atom. The molecule has 0 aliphatic rings. The summed E-state index contributed by atoms with van der Waals surface area (Å²) in [5.74, 6) is -1.22. The zero-order valence-corrected chi connectivity index (χ0v) is 16.9. The molecule has 0 heterocycles. The Morgan fingerprint density at radius 2 is 1.58 bits per heavy atom. The van der Waals surface area contributed by atoms with Gasteiger partial charge in [0.2, 0.25) is 0 Å². The number of ether oxygens (including phenoxy) is 2. The Morgan fingerprint density at radius 1 is 0.871 bits per heavy atom. The molecule has 0 saturated carbocycles. The molecular weight excluding hydrogens is 406 g/mol. The lowest BCUT2D eigenvalue weighted by atomic mass is 10.1. The zero-order chi connectivity index (χ0) is 22.4. The summed E-state index contributed by atoms with van der Waals surface area (Å²) in [4.78, 5) is 24.5. The van der Waals surface area contributed by atoms with Crippen molar-refractivity contribution < 1.29 is 27.8 Å². The van der Waals surface area contributed by atoms with Crippen LogP contribution in [-0.2, 0) is 4.79 Å². The molecule has 0 bridgehead atoms. The molecule has 0 spiro atoms. The highest BCUT2D eigenvalue weighted by molar-refractivity contribution is 6.04. The first-order valence-electron chi connectivity index (χ1n) is 9.29. The van der Waals surface area contributed by atoms with Gasteiger partial charge in [-0.05, 0) is 67.1 Å². The first kappa shape index (κ1) is 21.8. The van der Waals surface area contributed by atoms with E-state index in [4.69, 9.17) is 9.47 Å². The summed E-state index contributed by atoms with van der Waals surface area (Å²) in [6.07, 6.45) is 0. The highest BCUT2D eigenvalue weighted by Crippen LogP contribution is 2.28. The number of methoxy groups -OCH3 is 1. The van der Waals surface area contributed by atoms with Gasteiger partial charge in [0.25, 0.3) is 11.8 Å². The average molecular weight is 426 g/mol. The SMILES string of the molecule is COc1cc(C(=O)Nc2ccc(C)c(F)c2)ccc1OCC(=O)Nc1ccc(F)cc1. The van der Waals surface area contributed by atoms with Crippen molar-refractivity contribution in [2.75, 3.05) is 24.4 Å². The quantitative estimate of drug-likeness (QED) is 0.581. The lowest BCUT2D eigenvalue weighted by molar-refractivity contribution is -0.118. The predicted octanol–water partition coefficient (Wildman–Crippen LogP) is 4.55. The standard InChI is InChI=1S/C23H20F2N2O4/c1-14-3-7-18(12-19(14)25)27-23(29)15-4-10-20(21(11-15)30-2)31-13-22(28)26-17-8-5-16(24)6-9-17/h3-12H,13H2,1-2H3,(H,26,28)(H,27,29). The van der Waals surface area contributed by atoms with Crippen LogP contribution in [0.15, 0.2) is 60.7 Å². The van der Waals surface area contributed by atoms with Crippen LogP contribution in [0.3, 0.4) is 0 Å². The molecule has 3 aromatic rings. The smallest absolute Gasteiger partial charge is 0.262 e. The topological polar surface area (TPSA) is 76.7 Å². The van der Waals surface area contributed by atoms with Crippen LogP contribution in [0.1, 0.15) is 15.9 Å². The van der Waals surface area contributed by atoms with Crippen molar-refractivity contribution in [1.82, 2.24) is 0 Å². The van der Waals surface area contributed by atoms with Crippen molar-refractivity contribution in [2.45, 2.75) is 6.92 Å². The zero-order valence-electron chi connectivity index (χ0n) is 16.9. The second-order valence-corrected chi connectivity index (χ2v) is 6.63. The Kier molecular flexibility index (Phi) is 6.81. The highest BCUT2D eigenvalue weighted by Gasteiger charge is 2.13. The second kappa shape index (κ2) is 9.71. The number of hydrogen-bond donors (Lipinski definition) is 2. The lowest BCUT2D eigenvalue weighted by Gasteiger charge is -2.13. The number of hydrogen-bond acceptors (Lipinski definition) is 4. The molecule has 0 aliphatic carbocycles. The van der Waals surface area contributed by atoms with Crippen LogP contribution in [0, 0.1) is 18.6 Å². The molecule has 0 unspecified atom stereocenters. The van der Waals surface area contributed by atoms with Gasteiger partial charge in [0.05, 0.1) is 7.11 Å². The number of anilines is 2. The number of benzene rings is 3. The molecule has 3 rings (SSSR count). The summed E-state index contributed by atoms with van der Waals surface area (Å²) >= 11 is 0. The molecule has 8 heteroatoms.